The van der Waals surface area contributed by atoms with Crippen molar-refractivity contribution < 1.29 is 14.0 Å². The number of alkyl halides is 1. The summed E-state index contributed by atoms with van der Waals surface area (Å²) in [6, 6.07) is 27.6. The number of rotatable bonds is 7. The number of nitrogens with two attached hydrogens (primary N) is 1. The summed E-state index contributed by atoms with van der Waals surface area (Å²) in [5.41, 5.74) is 10.5. The Morgan fingerprint density at radius 1 is 0.816 bits per heavy atom. The van der Waals surface area contributed by atoms with E-state index in [1.165, 1.54) is 4.90 Å². The molecule has 9 nitrogen and oxygen atoms in total. The number of halogens is 1. The van der Waals surface area contributed by atoms with E-state index in [1.54, 1.807) is 66.7 Å². The summed E-state index contributed by atoms with van der Waals surface area (Å²) in [6.45, 7) is -1.03. The van der Waals surface area contributed by atoms with Gasteiger partial charge >= 0.3 is 6.03 Å². The number of nitrogen functional groups attached to an aromatic ring is 1. The van der Waals surface area contributed by atoms with Gasteiger partial charge in [-0.05, 0) is 70.1 Å². The Kier molecular flexibility index (Phi) is 6.94. The van der Waals surface area contributed by atoms with Crippen LogP contribution in [0.3, 0.4) is 0 Å². The number of para-hydroxylation sites is 1. The van der Waals surface area contributed by atoms with Gasteiger partial charge in [0.15, 0.2) is 12.6 Å². The lowest BCUT2D eigenvalue weighted by atomic mass is 9.97. The summed E-state index contributed by atoms with van der Waals surface area (Å²) in [5.74, 6) is -0.114. The number of hydrogen-bond acceptors (Lipinski definition) is 7. The third-order valence-corrected chi connectivity index (χ3v) is 6.00. The molecule has 4 aromatic carbocycles. The fourth-order valence-corrected chi connectivity index (χ4v) is 4.13. The summed E-state index contributed by atoms with van der Waals surface area (Å²) in [5, 5.41) is 17.6. The predicted octanol–water partition coefficient (Wildman–Crippen LogP) is 6.77. The molecule has 0 aromatic heterocycles. The number of carbonyl (C=O) groups excluding carboxylic acids is 2. The highest BCUT2D eigenvalue weighted by Gasteiger charge is 2.26. The van der Waals surface area contributed by atoms with Crippen LogP contribution in [0.2, 0.25) is 0 Å². The van der Waals surface area contributed by atoms with Crippen LogP contribution >= 0.6 is 0 Å². The van der Waals surface area contributed by atoms with Crippen molar-refractivity contribution in [1.82, 2.24) is 5.32 Å². The minimum Gasteiger partial charge on any atom is -0.399 e. The van der Waals surface area contributed by atoms with Crippen molar-refractivity contribution in [3.63, 3.8) is 0 Å². The Morgan fingerprint density at radius 3 is 2.05 bits per heavy atom. The molecular weight excluding hydrogens is 485 g/mol. The number of nitrogens with one attached hydrogen (secondary N) is 1. The van der Waals surface area contributed by atoms with Gasteiger partial charge in [0, 0.05) is 22.4 Å². The third-order valence-electron chi connectivity index (χ3n) is 6.00. The van der Waals surface area contributed by atoms with Crippen molar-refractivity contribution in [3.8, 4) is 11.1 Å². The van der Waals surface area contributed by atoms with Crippen molar-refractivity contribution in [1.29, 1.82) is 0 Å². The average molecular weight is 508 g/mol. The lowest BCUT2D eigenvalue weighted by Crippen LogP contribution is -2.37. The lowest BCUT2D eigenvalue weighted by Gasteiger charge is -2.26. The molecule has 0 saturated heterocycles. The zero-order chi connectivity index (χ0) is 26.5. The molecule has 0 aliphatic carbocycles. The minimum absolute atomic E-state index is 0.114. The maximum Gasteiger partial charge on any atom is 0.328 e. The van der Waals surface area contributed by atoms with E-state index >= 15 is 0 Å². The molecule has 10 heteroatoms. The van der Waals surface area contributed by atoms with Gasteiger partial charge in [0.25, 0.3) is 0 Å². The van der Waals surface area contributed by atoms with Gasteiger partial charge < -0.3 is 11.1 Å². The Labute approximate surface area is 217 Å². The molecule has 0 saturated carbocycles. The van der Waals surface area contributed by atoms with E-state index in [4.69, 9.17) is 5.73 Å². The SMILES string of the molecule is Nc1ccc(C(=O)c2ccc(-c3ccc(N(C(=O)NCF)c4ccccc4)c(C4N=NN=N4)c3)cc2)cc1. The molecule has 4 aromatic rings. The number of benzene rings is 4. The molecule has 0 bridgehead atoms. The monoisotopic (exact) mass is 507 g/mol. The molecular formula is C28H22FN7O2. The molecule has 0 unspecified atom stereocenters. The second-order valence-corrected chi connectivity index (χ2v) is 8.37. The Hall–Kier alpha value is -5.25. The quantitative estimate of drug-likeness (QED) is 0.163. The topological polar surface area (TPSA) is 125 Å². The van der Waals surface area contributed by atoms with Gasteiger partial charge in [-0.1, -0.05) is 48.5 Å². The Bertz CT molecular complexity index is 1510. The standard InChI is InChI=1S/C28H22FN7O2/c29-17-31-28(38)36(23-4-2-1-3-5-23)25-15-12-21(16-24(25)27-32-34-35-33-27)18-6-8-19(9-7-18)26(37)20-10-13-22(30)14-11-20/h1-16,27H,17,30H2,(H,31,38). The first-order valence-corrected chi connectivity index (χ1v) is 11.7. The number of anilines is 3. The van der Waals surface area contributed by atoms with Crippen LogP contribution < -0.4 is 16.0 Å². The van der Waals surface area contributed by atoms with Crippen molar-refractivity contribution in [2.24, 2.45) is 20.7 Å². The molecule has 2 amide bonds. The highest BCUT2D eigenvalue weighted by Crippen LogP contribution is 2.39. The average Bonchev–Trinajstić information content (AvgIpc) is 3.49. The Balaban J connectivity index is 1.52. The van der Waals surface area contributed by atoms with Crippen LogP contribution in [0.15, 0.2) is 118 Å². The summed E-state index contributed by atoms with van der Waals surface area (Å²) in [6.07, 6.45) is -0.777. The number of ketones is 1. The molecule has 0 spiro atoms. The van der Waals surface area contributed by atoms with E-state index in [2.05, 4.69) is 26.0 Å². The van der Waals surface area contributed by atoms with Gasteiger partial charge in [0.2, 0.25) is 6.17 Å². The normalized spacial score (nSPS) is 12.4. The van der Waals surface area contributed by atoms with Crippen LogP contribution in [0.25, 0.3) is 11.1 Å². The molecule has 5 rings (SSSR count). The molecule has 0 radical (unpaired) electrons. The first-order valence-electron chi connectivity index (χ1n) is 11.7. The van der Waals surface area contributed by atoms with Crippen molar-refractivity contribution in [3.05, 3.63) is 114 Å². The van der Waals surface area contributed by atoms with E-state index < -0.39 is 19.0 Å². The number of urea groups is 1. The summed E-state index contributed by atoms with van der Waals surface area (Å²) >= 11 is 0. The summed E-state index contributed by atoms with van der Waals surface area (Å²) < 4.78 is 13.1. The van der Waals surface area contributed by atoms with Crippen LogP contribution in [0.1, 0.15) is 27.7 Å². The molecule has 1 aliphatic heterocycles. The van der Waals surface area contributed by atoms with Gasteiger partial charge in [-0.3, -0.25) is 9.69 Å². The zero-order valence-corrected chi connectivity index (χ0v) is 20.0. The van der Waals surface area contributed by atoms with Gasteiger partial charge in [0.05, 0.1) is 11.4 Å². The van der Waals surface area contributed by atoms with Gasteiger partial charge in [-0.25, -0.2) is 9.18 Å². The van der Waals surface area contributed by atoms with E-state index in [9.17, 15) is 14.0 Å². The second-order valence-electron chi connectivity index (χ2n) is 8.37. The van der Waals surface area contributed by atoms with Crippen LogP contribution in [0, 0.1) is 0 Å². The van der Waals surface area contributed by atoms with Crippen LogP contribution in [0.5, 0.6) is 0 Å². The summed E-state index contributed by atoms with van der Waals surface area (Å²) in [7, 11) is 0. The van der Waals surface area contributed by atoms with Gasteiger partial charge in [-0.15, -0.1) is 10.2 Å². The first kappa shape index (κ1) is 24.4. The molecule has 1 aliphatic rings. The minimum atomic E-state index is -1.03. The fraction of sp³-hybridized carbons (Fsp3) is 0.0714. The third kappa shape index (κ3) is 5.00. The van der Waals surface area contributed by atoms with Gasteiger partial charge in [0.1, 0.15) is 0 Å². The van der Waals surface area contributed by atoms with Crippen LogP contribution in [-0.2, 0) is 0 Å². The van der Waals surface area contributed by atoms with Gasteiger partial charge in [-0.2, -0.15) is 0 Å². The van der Waals surface area contributed by atoms with E-state index in [-0.39, 0.29) is 5.78 Å². The smallest absolute Gasteiger partial charge is 0.328 e. The van der Waals surface area contributed by atoms with Crippen molar-refractivity contribution in [2.75, 3.05) is 17.4 Å². The van der Waals surface area contributed by atoms with Crippen molar-refractivity contribution >= 4 is 28.9 Å². The summed E-state index contributed by atoms with van der Waals surface area (Å²) in [4.78, 5) is 27.1. The highest BCUT2D eigenvalue weighted by molar-refractivity contribution is 6.09. The molecule has 0 fully saturated rings. The highest BCUT2D eigenvalue weighted by atomic mass is 19.1. The van der Waals surface area contributed by atoms with Crippen molar-refractivity contribution in [2.45, 2.75) is 6.17 Å². The van der Waals surface area contributed by atoms with E-state index in [0.717, 1.165) is 11.1 Å². The lowest BCUT2D eigenvalue weighted by molar-refractivity contribution is 0.103. The van der Waals surface area contributed by atoms with Crippen LogP contribution in [0.4, 0.5) is 26.2 Å². The molecule has 0 atom stereocenters. The van der Waals surface area contributed by atoms with E-state index in [0.29, 0.717) is 33.8 Å². The molecule has 38 heavy (non-hydrogen) atoms. The van der Waals surface area contributed by atoms with E-state index in [1.807, 2.05) is 30.3 Å². The molecule has 3 N–H and O–H groups in total. The zero-order valence-electron chi connectivity index (χ0n) is 20.0. The second kappa shape index (κ2) is 10.8. The maximum atomic E-state index is 13.1. The molecule has 188 valence electrons. The number of hydrogen-bond donors (Lipinski definition) is 2. The number of amides is 2. The van der Waals surface area contributed by atoms with Crippen LogP contribution in [-0.4, -0.2) is 18.6 Å². The number of carbonyl (C=O) groups is 2. The number of nitrogens with zero attached hydrogens (tertiary/aromatic N) is 5. The Morgan fingerprint density at radius 2 is 1.42 bits per heavy atom. The maximum absolute atomic E-state index is 13.1. The molecule has 1 heterocycles. The first-order chi connectivity index (χ1) is 18.5. The largest absolute Gasteiger partial charge is 0.399 e. The predicted molar refractivity (Wildman–Crippen MR) is 142 cm³/mol. The fourth-order valence-electron chi connectivity index (χ4n) is 4.13.